The highest BCUT2D eigenvalue weighted by atomic mass is 16.6. The SMILES string of the molecule is CCc1ccc(C(C(=O)NC(C)C)N(C(=O)C(CO)NC(=O)OC(C)(C)C)C2CCC2)cc1. The predicted octanol–water partition coefficient (Wildman–Crippen LogP) is 3.08. The molecule has 0 radical (unpaired) electrons. The number of carbonyl (C=O) groups is 3. The summed E-state index contributed by atoms with van der Waals surface area (Å²) in [6, 6.07) is 5.31. The largest absolute Gasteiger partial charge is 0.444 e. The molecular weight excluding hydrogens is 422 g/mol. The molecule has 2 unspecified atom stereocenters. The lowest BCUT2D eigenvalue weighted by Crippen LogP contribution is -2.58. The van der Waals surface area contributed by atoms with Crippen molar-refractivity contribution in [3.63, 3.8) is 0 Å². The molecule has 2 rings (SSSR count). The van der Waals surface area contributed by atoms with E-state index in [1.165, 1.54) is 0 Å². The molecule has 184 valence electrons. The molecule has 0 aromatic heterocycles. The average molecular weight is 462 g/mol. The third-order valence-electron chi connectivity index (χ3n) is 5.56. The van der Waals surface area contributed by atoms with Crippen LogP contribution in [0.2, 0.25) is 0 Å². The first kappa shape index (κ1) is 26.6. The summed E-state index contributed by atoms with van der Waals surface area (Å²) >= 11 is 0. The lowest BCUT2D eigenvalue weighted by Gasteiger charge is -2.43. The van der Waals surface area contributed by atoms with Crippen molar-refractivity contribution in [3.8, 4) is 0 Å². The fraction of sp³-hybridized carbons (Fsp3) is 0.640. The van der Waals surface area contributed by atoms with Crippen LogP contribution in [0.4, 0.5) is 4.79 Å². The van der Waals surface area contributed by atoms with E-state index < -0.39 is 36.3 Å². The normalized spacial score (nSPS) is 15.9. The van der Waals surface area contributed by atoms with Gasteiger partial charge in [0.15, 0.2) is 0 Å². The van der Waals surface area contributed by atoms with Crippen molar-refractivity contribution >= 4 is 17.9 Å². The quantitative estimate of drug-likeness (QED) is 0.524. The van der Waals surface area contributed by atoms with Crippen LogP contribution in [0.3, 0.4) is 0 Å². The number of rotatable bonds is 9. The molecule has 2 atom stereocenters. The average Bonchev–Trinajstić information content (AvgIpc) is 2.68. The number of aliphatic hydroxyl groups excluding tert-OH is 1. The van der Waals surface area contributed by atoms with E-state index in [4.69, 9.17) is 4.74 Å². The van der Waals surface area contributed by atoms with E-state index in [0.717, 1.165) is 31.2 Å². The summed E-state index contributed by atoms with van der Waals surface area (Å²) in [5.74, 6) is -0.792. The zero-order valence-corrected chi connectivity index (χ0v) is 20.7. The Bertz CT molecular complexity index is 812. The molecule has 33 heavy (non-hydrogen) atoms. The Morgan fingerprint density at radius 1 is 1.12 bits per heavy atom. The summed E-state index contributed by atoms with van der Waals surface area (Å²) < 4.78 is 5.26. The second-order valence-corrected chi connectivity index (χ2v) is 9.87. The first-order valence-corrected chi connectivity index (χ1v) is 11.8. The lowest BCUT2D eigenvalue weighted by molar-refractivity contribution is -0.148. The second-order valence-electron chi connectivity index (χ2n) is 9.87. The number of carbonyl (C=O) groups excluding carboxylic acids is 3. The molecule has 0 bridgehead atoms. The number of hydrogen-bond donors (Lipinski definition) is 3. The Labute approximate surface area is 197 Å². The van der Waals surface area contributed by atoms with E-state index in [1.54, 1.807) is 25.7 Å². The summed E-state index contributed by atoms with van der Waals surface area (Å²) in [7, 11) is 0. The van der Waals surface area contributed by atoms with Crippen molar-refractivity contribution in [3.05, 3.63) is 35.4 Å². The van der Waals surface area contributed by atoms with E-state index in [9.17, 15) is 19.5 Å². The van der Waals surface area contributed by atoms with Gasteiger partial charge in [0.05, 0.1) is 6.61 Å². The number of benzene rings is 1. The molecular formula is C25H39N3O5. The van der Waals surface area contributed by atoms with Crippen LogP contribution in [0.25, 0.3) is 0 Å². The minimum atomic E-state index is -1.22. The van der Waals surface area contributed by atoms with Gasteiger partial charge in [0, 0.05) is 12.1 Å². The Morgan fingerprint density at radius 3 is 2.15 bits per heavy atom. The summed E-state index contributed by atoms with van der Waals surface area (Å²) in [5.41, 5.74) is 1.07. The van der Waals surface area contributed by atoms with Crippen molar-refractivity contribution in [2.45, 2.75) is 97.0 Å². The summed E-state index contributed by atoms with van der Waals surface area (Å²) in [6.45, 7) is 10.3. The molecule has 1 aromatic carbocycles. The number of ether oxygens (including phenoxy) is 1. The third-order valence-corrected chi connectivity index (χ3v) is 5.56. The first-order chi connectivity index (χ1) is 15.5. The van der Waals surface area contributed by atoms with Gasteiger partial charge in [-0.15, -0.1) is 0 Å². The molecule has 1 saturated carbocycles. The van der Waals surface area contributed by atoms with Crippen molar-refractivity contribution < 1.29 is 24.2 Å². The number of amides is 3. The van der Waals surface area contributed by atoms with E-state index >= 15 is 0 Å². The molecule has 1 aliphatic rings. The highest BCUT2D eigenvalue weighted by Gasteiger charge is 2.42. The number of nitrogens with zero attached hydrogens (tertiary/aromatic N) is 1. The van der Waals surface area contributed by atoms with Gasteiger partial charge in [0.25, 0.3) is 0 Å². The predicted molar refractivity (Wildman–Crippen MR) is 127 cm³/mol. The maximum atomic E-state index is 13.7. The van der Waals surface area contributed by atoms with Crippen LogP contribution < -0.4 is 10.6 Å². The van der Waals surface area contributed by atoms with Crippen LogP contribution in [0, 0.1) is 0 Å². The van der Waals surface area contributed by atoms with Gasteiger partial charge >= 0.3 is 6.09 Å². The van der Waals surface area contributed by atoms with Crippen LogP contribution in [0.15, 0.2) is 24.3 Å². The van der Waals surface area contributed by atoms with E-state index in [0.29, 0.717) is 5.56 Å². The van der Waals surface area contributed by atoms with Gasteiger partial charge in [-0.05, 0) is 71.4 Å². The minimum Gasteiger partial charge on any atom is -0.444 e. The molecule has 0 aliphatic heterocycles. The van der Waals surface area contributed by atoms with Crippen molar-refractivity contribution in [1.82, 2.24) is 15.5 Å². The third kappa shape index (κ3) is 7.45. The molecule has 8 heteroatoms. The number of aliphatic hydroxyl groups is 1. The maximum Gasteiger partial charge on any atom is 0.408 e. The van der Waals surface area contributed by atoms with Gasteiger partial charge in [-0.25, -0.2) is 4.79 Å². The number of hydrogen-bond acceptors (Lipinski definition) is 5. The Morgan fingerprint density at radius 2 is 1.73 bits per heavy atom. The van der Waals surface area contributed by atoms with E-state index in [1.807, 2.05) is 38.1 Å². The first-order valence-electron chi connectivity index (χ1n) is 11.8. The van der Waals surface area contributed by atoms with Gasteiger partial charge in [-0.3, -0.25) is 9.59 Å². The molecule has 1 aliphatic carbocycles. The van der Waals surface area contributed by atoms with Crippen LogP contribution in [-0.4, -0.2) is 58.2 Å². The summed E-state index contributed by atoms with van der Waals surface area (Å²) in [4.78, 5) is 40.8. The van der Waals surface area contributed by atoms with Gasteiger partial charge in [-0.1, -0.05) is 31.2 Å². The maximum absolute atomic E-state index is 13.7. The number of aryl methyl sites for hydroxylation is 1. The van der Waals surface area contributed by atoms with Crippen molar-refractivity contribution in [2.75, 3.05) is 6.61 Å². The highest BCUT2D eigenvalue weighted by molar-refractivity contribution is 5.92. The van der Waals surface area contributed by atoms with E-state index in [-0.39, 0.29) is 18.0 Å². The zero-order chi connectivity index (χ0) is 24.8. The van der Waals surface area contributed by atoms with Crippen LogP contribution in [0.1, 0.15) is 78.0 Å². The molecule has 3 amide bonds. The Balaban J connectivity index is 2.41. The Kier molecular flexibility index (Phi) is 9.28. The monoisotopic (exact) mass is 461 g/mol. The topological polar surface area (TPSA) is 108 Å². The summed E-state index contributed by atoms with van der Waals surface area (Å²) in [6.07, 6.45) is 2.54. The minimum absolute atomic E-state index is 0.109. The second kappa shape index (κ2) is 11.5. The molecule has 0 spiro atoms. The molecule has 1 aromatic rings. The molecule has 3 N–H and O–H groups in total. The highest BCUT2D eigenvalue weighted by Crippen LogP contribution is 2.34. The van der Waals surface area contributed by atoms with Gasteiger partial charge in [0.1, 0.15) is 17.7 Å². The Hall–Kier alpha value is -2.61. The van der Waals surface area contributed by atoms with Crippen molar-refractivity contribution in [1.29, 1.82) is 0 Å². The number of alkyl carbamates (subject to hydrolysis) is 1. The fourth-order valence-corrected chi connectivity index (χ4v) is 3.74. The molecule has 1 fully saturated rings. The fourth-order valence-electron chi connectivity index (χ4n) is 3.74. The lowest BCUT2D eigenvalue weighted by atomic mass is 9.88. The molecule has 0 saturated heterocycles. The standard InChI is InChI=1S/C25H39N3O5/c1-7-17-11-13-18(14-12-17)21(22(30)26-16(2)3)28(19-9-8-10-19)23(31)20(15-29)27-24(32)33-25(4,5)6/h11-14,16,19-21,29H,7-10,15H2,1-6H3,(H,26,30)(H,27,32). The smallest absolute Gasteiger partial charge is 0.408 e. The van der Waals surface area contributed by atoms with Gasteiger partial charge < -0.3 is 25.4 Å². The van der Waals surface area contributed by atoms with E-state index in [2.05, 4.69) is 17.6 Å². The summed E-state index contributed by atoms with van der Waals surface area (Å²) in [5, 5.41) is 15.4. The van der Waals surface area contributed by atoms with Crippen LogP contribution >= 0.6 is 0 Å². The molecule has 8 nitrogen and oxygen atoms in total. The van der Waals surface area contributed by atoms with Crippen LogP contribution in [-0.2, 0) is 20.7 Å². The molecule has 0 heterocycles. The zero-order valence-electron chi connectivity index (χ0n) is 20.7. The van der Waals surface area contributed by atoms with Gasteiger partial charge in [0.2, 0.25) is 11.8 Å². The van der Waals surface area contributed by atoms with Crippen LogP contribution in [0.5, 0.6) is 0 Å². The van der Waals surface area contributed by atoms with Gasteiger partial charge in [-0.2, -0.15) is 0 Å². The number of nitrogens with one attached hydrogen (secondary N) is 2. The van der Waals surface area contributed by atoms with Crippen molar-refractivity contribution in [2.24, 2.45) is 0 Å².